The molecule has 0 amide bonds. The van der Waals surface area contributed by atoms with Crippen molar-refractivity contribution in [1.82, 2.24) is 4.90 Å². The van der Waals surface area contributed by atoms with Crippen LogP contribution in [0.1, 0.15) is 30.0 Å². The van der Waals surface area contributed by atoms with Crippen LogP contribution in [0.3, 0.4) is 0 Å². The highest BCUT2D eigenvalue weighted by atomic mass is 16.5. The average Bonchev–Trinajstić information content (AvgIpc) is 2.45. The standard InChI is InChI=1S/C15H19NO3/c1-18-14-7-10-3-5-16-6-4-11(17)8-13(16)12(10)9-15(14)19-2/h7,9,13H,3-6,8H2,1-2H3/t13-/m1/s1. The molecule has 3 rings (SSSR count). The number of piperidine rings is 1. The average molecular weight is 261 g/mol. The number of nitrogens with zero attached hydrogens (tertiary/aromatic N) is 1. The smallest absolute Gasteiger partial charge is 0.161 e. The molecule has 4 heteroatoms. The number of ether oxygens (including phenoxy) is 2. The van der Waals surface area contributed by atoms with E-state index < -0.39 is 0 Å². The van der Waals surface area contributed by atoms with Gasteiger partial charge in [0.2, 0.25) is 0 Å². The summed E-state index contributed by atoms with van der Waals surface area (Å²) in [6.07, 6.45) is 2.34. The normalized spacial score (nSPS) is 22.6. The molecule has 0 aliphatic carbocycles. The summed E-state index contributed by atoms with van der Waals surface area (Å²) in [5.41, 5.74) is 2.52. The molecule has 1 fully saturated rings. The van der Waals surface area contributed by atoms with E-state index in [9.17, 15) is 4.79 Å². The molecule has 0 bridgehead atoms. The zero-order chi connectivity index (χ0) is 13.4. The molecule has 0 N–H and O–H groups in total. The second-order valence-corrected chi connectivity index (χ2v) is 5.20. The summed E-state index contributed by atoms with van der Waals surface area (Å²) in [7, 11) is 3.31. The highest BCUT2D eigenvalue weighted by Gasteiger charge is 2.33. The number of carbonyl (C=O) groups is 1. The lowest BCUT2D eigenvalue weighted by molar-refractivity contribution is -0.123. The summed E-state index contributed by atoms with van der Waals surface area (Å²) in [5, 5.41) is 0. The molecule has 4 nitrogen and oxygen atoms in total. The van der Waals surface area contributed by atoms with Crippen molar-refractivity contribution in [3.8, 4) is 11.5 Å². The highest BCUT2D eigenvalue weighted by Crippen LogP contribution is 2.40. The van der Waals surface area contributed by atoms with Crippen LogP contribution in [0.5, 0.6) is 11.5 Å². The van der Waals surface area contributed by atoms with Crippen LogP contribution in [0.4, 0.5) is 0 Å². The van der Waals surface area contributed by atoms with Gasteiger partial charge in [-0.15, -0.1) is 0 Å². The fourth-order valence-corrected chi connectivity index (χ4v) is 3.17. The Hall–Kier alpha value is -1.55. The molecule has 1 aromatic carbocycles. The predicted molar refractivity (Wildman–Crippen MR) is 71.8 cm³/mol. The van der Waals surface area contributed by atoms with Crippen LogP contribution in [-0.4, -0.2) is 38.0 Å². The summed E-state index contributed by atoms with van der Waals surface area (Å²) in [4.78, 5) is 14.1. The van der Waals surface area contributed by atoms with E-state index >= 15 is 0 Å². The second-order valence-electron chi connectivity index (χ2n) is 5.20. The SMILES string of the molecule is COc1cc2c(cc1OC)[C@H]1CC(=O)CCN1CC2. The Balaban J connectivity index is 2.03. The van der Waals surface area contributed by atoms with Crippen LogP contribution in [0.25, 0.3) is 0 Å². The lowest BCUT2D eigenvalue weighted by atomic mass is 9.86. The maximum Gasteiger partial charge on any atom is 0.161 e. The lowest BCUT2D eigenvalue weighted by Gasteiger charge is -2.40. The summed E-state index contributed by atoms with van der Waals surface area (Å²) >= 11 is 0. The van der Waals surface area contributed by atoms with Crippen molar-refractivity contribution in [2.45, 2.75) is 25.3 Å². The van der Waals surface area contributed by atoms with Crippen LogP contribution < -0.4 is 9.47 Å². The van der Waals surface area contributed by atoms with Gasteiger partial charge in [-0.3, -0.25) is 9.69 Å². The fourth-order valence-electron chi connectivity index (χ4n) is 3.17. The first-order valence-corrected chi connectivity index (χ1v) is 6.73. The Morgan fingerprint density at radius 2 is 1.79 bits per heavy atom. The predicted octanol–water partition coefficient (Wildman–Crippen LogP) is 1.97. The topological polar surface area (TPSA) is 38.8 Å². The third-order valence-electron chi connectivity index (χ3n) is 4.21. The van der Waals surface area contributed by atoms with Gasteiger partial charge >= 0.3 is 0 Å². The zero-order valence-corrected chi connectivity index (χ0v) is 11.4. The Morgan fingerprint density at radius 1 is 1.11 bits per heavy atom. The highest BCUT2D eigenvalue weighted by molar-refractivity contribution is 5.80. The minimum Gasteiger partial charge on any atom is -0.493 e. The Morgan fingerprint density at radius 3 is 2.53 bits per heavy atom. The molecule has 1 atom stereocenters. The number of hydrogen-bond donors (Lipinski definition) is 0. The van der Waals surface area contributed by atoms with Crippen molar-refractivity contribution >= 4 is 5.78 Å². The summed E-state index contributed by atoms with van der Waals surface area (Å²) in [5.74, 6) is 1.89. The molecule has 19 heavy (non-hydrogen) atoms. The minimum absolute atomic E-state index is 0.227. The van der Waals surface area contributed by atoms with Crippen molar-refractivity contribution < 1.29 is 14.3 Å². The van der Waals surface area contributed by atoms with Crippen molar-refractivity contribution in [3.63, 3.8) is 0 Å². The Bertz CT molecular complexity index is 512. The van der Waals surface area contributed by atoms with Crippen LogP contribution in [0.2, 0.25) is 0 Å². The molecule has 0 aromatic heterocycles. The molecule has 0 unspecified atom stereocenters. The maximum absolute atomic E-state index is 11.7. The van der Waals surface area contributed by atoms with Gasteiger partial charge in [-0.1, -0.05) is 0 Å². The fraction of sp³-hybridized carbons (Fsp3) is 0.533. The van der Waals surface area contributed by atoms with E-state index in [4.69, 9.17) is 9.47 Å². The van der Waals surface area contributed by atoms with Gasteiger partial charge in [0, 0.05) is 32.0 Å². The van der Waals surface area contributed by atoms with Gasteiger partial charge in [-0.05, 0) is 29.7 Å². The maximum atomic E-state index is 11.7. The first-order valence-electron chi connectivity index (χ1n) is 6.73. The molecule has 2 heterocycles. The number of benzene rings is 1. The third-order valence-corrected chi connectivity index (χ3v) is 4.21. The number of ketones is 1. The largest absolute Gasteiger partial charge is 0.493 e. The number of hydrogen-bond acceptors (Lipinski definition) is 4. The first-order chi connectivity index (χ1) is 9.22. The number of carbonyl (C=O) groups excluding carboxylic acids is 1. The van der Waals surface area contributed by atoms with Gasteiger partial charge in [-0.25, -0.2) is 0 Å². The first kappa shape index (κ1) is 12.5. The van der Waals surface area contributed by atoms with Crippen molar-refractivity contribution in [1.29, 1.82) is 0 Å². The minimum atomic E-state index is 0.227. The van der Waals surface area contributed by atoms with E-state index in [1.807, 2.05) is 6.07 Å². The van der Waals surface area contributed by atoms with Crippen LogP contribution >= 0.6 is 0 Å². The van der Waals surface area contributed by atoms with E-state index in [0.29, 0.717) is 18.6 Å². The van der Waals surface area contributed by atoms with Gasteiger partial charge in [0.25, 0.3) is 0 Å². The molecule has 102 valence electrons. The number of rotatable bonds is 2. The number of methoxy groups -OCH3 is 2. The molecular formula is C15H19NO3. The Labute approximate surface area is 113 Å². The van der Waals surface area contributed by atoms with Gasteiger partial charge in [-0.2, -0.15) is 0 Å². The Kier molecular flexibility index (Phi) is 3.19. The third kappa shape index (κ3) is 2.10. The molecule has 0 spiro atoms. The number of Topliss-reactive ketones (excluding diaryl/α,β-unsaturated/α-hetero) is 1. The van der Waals surface area contributed by atoms with E-state index in [1.165, 1.54) is 11.1 Å². The molecule has 0 saturated carbocycles. The van der Waals surface area contributed by atoms with Gasteiger partial charge in [0.1, 0.15) is 5.78 Å². The molecule has 2 aliphatic rings. The molecule has 1 saturated heterocycles. The molecule has 0 radical (unpaired) electrons. The number of fused-ring (bicyclic) bond motifs is 3. The van der Waals surface area contributed by atoms with E-state index in [-0.39, 0.29) is 6.04 Å². The summed E-state index contributed by atoms with van der Waals surface area (Å²) < 4.78 is 10.7. The van der Waals surface area contributed by atoms with E-state index in [1.54, 1.807) is 14.2 Å². The summed E-state index contributed by atoms with van der Waals surface area (Å²) in [6.45, 7) is 1.91. The molecular weight excluding hydrogens is 242 g/mol. The monoisotopic (exact) mass is 261 g/mol. The van der Waals surface area contributed by atoms with Crippen LogP contribution in [0.15, 0.2) is 12.1 Å². The quantitative estimate of drug-likeness (QED) is 0.816. The van der Waals surface area contributed by atoms with Gasteiger partial charge < -0.3 is 9.47 Å². The van der Waals surface area contributed by atoms with Crippen molar-refractivity contribution in [2.75, 3.05) is 27.3 Å². The summed E-state index contributed by atoms with van der Waals surface area (Å²) in [6, 6.07) is 4.33. The van der Waals surface area contributed by atoms with Crippen molar-refractivity contribution in [3.05, 3.63) is 23.3 Å². The lowest BCUT2D eigenvalue weighted by Crippen LogP contribution is -2.41. The second kappa shape index (κ2) is 4.85. The molecule has 2 aliphatic heterocycles. The van der Waals surface area contributed by atoms with E-state index in [0.717, 1.165) is 31.0 Å². The van der Waals surface area contributed by atoms with Crippen LogP contribution in [0, 0.1) is 0 Å². The molecule has 1 aromatic rings. The van der Waals surface area contributed by atoms with Gasteiger partial charge in [0.15, 0.2) is 11.5 Å². The van der Waals surface area contributed by atoms with Gasteiger partial charge in [0.05, 0.1) is 14.2 Å². The van der Waals surface area contributed by atoms with E-state index in [2.05, 4.69) is 11.0 Å². The zero-order valence-electron chi connectivity index (χ0n) is 11.4. The van der Waals surface area contributed by atoms with Crippen LogP contribution in [-0.2, 0) is 11.2 Å². The van der Waals surface area contributed by atoms with Crippen molar-refractivity contribution in [2.24, 2.45) is 0 Å².